The molecule has 1 saturated heterocycles. The van der Waals surface area contributed by atoms with Crippen molar-refractivity contribution >= 4 is 23.4 Å². The molecule has 0 bridgehead atoms. The highest BCUT2D eigenvalue weighted by atomic mass is 32.2. The second-order valence-electron chi connectivity index (χ2n) is 4.80. The first-order valence-electron chi connectivity index (χ1n) is 7.25. The maximum atomic E-state index is 11.5. The van der Waals surface area contributed by atoms with E-state index in [0.717, 1.165) is 50.0 Å². The summed E-state index contributed by atoms with van der Waals surface area (Å²) in [5, 5.41) is 12.7. The van der Waals surface area contributed by atoms with Crippen molar-refractivity contribution in [1.29, 1.82) is 0 Å². The smallest absolute Gasteiger partial charge is 0.338 e. The van der Waals surface area contributed by atoms with Gasteiger partial charge in [-0.15, -0.1) is 11.8 Å². The van der Waals surface area contributed by atoms with Crippen molar-refractivity contribution in [2.24, 2.45) is 0 Å². The Labute approximate surface area is 129 Å². The van der Waals surface area contributed by atoms with E-state index in [0.29, 0.717) is 11.3 Å². The van der Waals surface area contributed by atoms with Gasteiger partial charge in [0.15, 0.2) is 0 Å². The standard InChI is InChI=1S/C15H22N2O3S/c1-2-21-13-5-3-4-12(14(13)15(18)19)16-6-7-17-8-10-20-11-9-17/h3-5,16H,2,6-11H2,1H3,(H,18,19). The molecule has 116 valence electrons. The molecular formula is C15H22N2O3S. The molecule has 21 heavy (non-hydrogen) atoms. The second kappa shape index (κ2) is 8.26. The van der Waals surface area contributed by atoms with E-state index in [1.165, 1.54) is 0 Å². The lowest BCUT2D eigenvalue weighted by molar-refractivity contribution is 0.0398. The van der Waals surface area contributed by atoms with Gasteiger partial charge in [-0.25, -0.2) is 4.79 Å². The van der Waals surface area contributed by atoms with Crippen LogP contribution in [0.3, 0.4) is 0 Å². The summed E-state index contributed by atoms with van der Waals surface area (Å²) >= 11 is 1.56. The largest absolute Gasteiger partial charge is 0.478 e. The minimum absolute atomic E-state index is 0.381. The van der Waals surface area contributed by atoms with Gasteiger partial charge >= 0.3 is 5.97 Å². The molecule has 0 unspecified atom stereocenters. The number of morpholine rings is 1. The Morgan fingerprint density at radius 3 is 2.86 bits per heavy atom. The van der Waals surface area contributed by atoms with Crippen molar-refractivity contribution in [3.05, 3.63) is 23.8 Å². The molecule has 1 fully saturated rings. The SMILES string of the molecule is CCSc1cccc(NCCN2CCOCC2)c1C(=O)O. The van der Waals surface area contributed by atoms with E-state index in [-0.39, 0.29) is 0 Å². The zero-order valence-corrected chi connectivity index (χ0v) is 13.1. The summed E-state index contributed by atoms with van der Waals surface area (Å²) in [7, 11) is 0. The number of carboxylic acids is 1. The highest BCUT2D eigenvalue weighted by Crippen LogP contribution is 2.28. The Morgan fingerprint density at radius 2 is 2.19 bits per heavy atom. The minimum atomic E-state index is -0.875. The molecule has 5 nitrogen and oxygen atoms in total. The van der Waals surface area contributed by atoms with Crippen LogP contribution >= 0.6 is 11.8 Å². The van der Waals surface area contributed by atoms with E-state index >= 15 is 0 Å². The van der Waals surface area contributed by atoms with Crippen molar-refractivity contribution < 1.29 is 14.6 Å². The monoisotopic (exact) mass is 310 g/mol. The van der Waals surface area contributed by atoms with Gasteiger partial charge in [0.1, 0.15) is 0 Å². The van der Waals surface area contributed by atoms with E-state index in [1.807, 2.05) is 25.1 Å². The van der Waals surface area contributed by atoms with Crippen LogP contribution in [-0.2, 0) is 4.74 Å². The zero-order chi connectivity index (χ0) is 15.1. The fourth-order valence-electron chi connectivity index (χ4n) is 2.35. The number of carbonyl (C=O) groups is 1. The lowest BCUT2D eigenvalue weighted by Gasteiger charge is -2.26. The number of rotatable bonds is 7. The van der Waals surface area contributed by atoms with Crippen LogP contribution in [0.5, 0.6) is 0 Å². The number of thioether (sulfide) groups is 1. The van der Waals surface area contributed by atoms with Crippen molar-refractivity contribution in [1.82, 2.24) is 4.90 Å². The van der Waals surface area contributed by atoms with E-state index in [9.17, 15) is 9.90 Å². The fraction of sp³-hybridized carbons (Fsp3) is 0.533. The molecule has 0 aromatic heterocycles. The van der Waals surface area contributed by atoms with Crippen molar-refractivity contribution in [2.75, 3.05) is 50.5 Å². The van der Waals surface area contributed by atoms with Crippen LogP contribution in [0.15, 0.2) is 23.1 Å². The number of anilines is 1. The molecule has 1 aliphatic heterocycles. The summed E-state index contributed by atoms with van der Waals surface area (Å²) in [5.41, 5.74) is 1.08. The van der Waals surface area contributed by atoms with Crippen LogP contribution in [0.2, 0.25) is 0 Å². The third kappa shape index (κ3) is 4.62. The molecule has 1 aliphatic rings. The molecule has 2 rings (SSSR count). The number of nitrogens with zero attached hydrogens (tertiary/aromatic N) is 1. The first-order valence-corrected chi connectivity index (χ1v) is 8.24. The third-order valence-electron chi connectivity index (χ3n) is 3.39. The Morgan fingerprint density at radius 1 is 1.43 bits per heavy atom. The molecule has 1 aromatic rings. The molecule has 6 heteroatoms. The Hall–Kier alpha value is -1.24. The number of carboxylic acid groups (broad SMARTS) is 1. The number of benzene rings is 1. The van der Waals surface area contributed by atoms with Crippen molar-refractivity contribution in [2.45, 2.75) is 11.8 Å². The molecule has 0 atom stereocenters. The average molecular weight is 310 g/mol. The van der Waals surface area contributed by atoms with Gasteiger partial charge in [-0.05, 0) is 17.9 Å². The molecule has 1 heterocycles. The summed E-state index contributed by atoms with van der Waals surface area (Å²) in [6.45, 7) is 7.10. The molecule has 0 aliphatic carbocycles. The Balaban J connectivity index is 1.98. The van der Waals surface area contributed by atoms with Gasteiger partial charge in [0.25, 0.3) is 0 Å². The van der Waals surface area contributed by atoms with E-state index < -0.39 is 5.97 Å². The Kier molecular flexibility index (Phi) is 6.35. The van der Waals surface area contributed by atoms with Crippen LogP contribution in [-0.4, -0.2) is 61.1 Å². The van der Waals surface area contributed by atoms with Crippen molar-refractivity contribution in [3.63, 3.8) is 0 Å². The highest BCUT2D eigenvalue weighted by Gasteiger charge is 2.16. The van der Waals surface area contributed by atoms with Crippen LogP contribution < -0.4 is 5.32 Å². The summed E-state index contributed by atoms with van der Waals surface area (Å²) in [5.74, 6) is -0.0160. The number of ether oxygens (including phenoxy) is 1. The van der Waals surface area contributed by atoms with Gasteiger partial charge in [0.05, 0.1) is 18.8 Å². The predicted molar refractivity (Wildman–Crippen MR) is 85.5 cm³/mol. The normalized spacial score (nSPS) is 15.9. The van der Waals surface area contributed by atoms with E-state index in [1.54, 1.807) is 11.8 Å². The summed E-state index contributed by atoms with van der Waals surface area (Å²) in [4.78, 5) is 14.6. The summed E-state index contributed by atoms with van der Waals surface area (Å²) < 4.78 is 5.31. The van der Waals surface area contributed by atoms with Crippen LogP contribution in [0.4, 0.5) is 5.69 Å². The quantitative estimate of drug-likeness (QED) is 0.753. The lowest BCUT2D eigenvalue weighted by Crippen LogP contribution is -2.39. The average Bonchev–Trinajstić information content (AvgIpc) is 2.48. The van der Waals surface area contributed by atoms with Gasteiger partial charge in [-0.2, -0.15) is 0 Å². The molecule has 0 spiro atoms. The first-order chi connectivity index (χ1) is 10.2. The molecule has 0 saturated carbocycles. The number of nitrogens with one attached hydrogen (secondary N) is 1. The molecule has 2 N–H and O–H groups in total. The Bertz CT molecular complexity index is 476. The van der Waals surface area contributed by atoms with Gasteiger partial charge in [-0.3, -0.25) is 4.90 Å². The molecule has 0 radical (unpaired) electrons. The van der Waals surface area contributed by atoms with Crippen LogP contribution in [0, 0.1) is 0 Å². The first kappa shape index (κ1) is 16.1. The molecule has 0 amide bonds. The van der Waals surface area contributed by atoms with Crippen LogP contribution in [0.1, 0.15) is 17.3 Å². The fourth-order valence-corrected chi connectivity index (χ4v) is 3.18. The van der Waals surface area contributed by atoms with Gasteiger partial charge in [0.2, 0.25) is 0 Å². The number of hydrogen-bond acceptors (Lipinski definition) is 5. The number of hydrogen-bond donors (Lipinski definition) is 2. The molecular weight excluding hydrogens is 288 g/mol. The van der Waals surface area contributed by atoms with E-state index in [4.69, 9.17) is 4.74 Å². The third-order valence-corrected chi connectivity index (χ3v) is 4.33. The minimum Gasteiger partial charge on any atom is -0.478 e. The maximum Gasteiger partial charge on any atom is 0.338 e. The summed E-state index contributed by atoms with van der Waals surface area (Å²) in [6, 6.07) is 5.61. The maximum absolute atomic E-state index is 11.5. The topological polar surface area (TPSA) is 61.8 Å². The van der Waals surface area contributed by atoms with Crippen molar-refractivity contribution in [3.8, 4) is 0 Å². The lowest BCUT2D eigenvalue weighted by atomic mass is 10.1. The van der Waals surface area contributed by atoms with Gasteiger partial charge in [0, 0.05) is 36.8 Å². The highest BCUT2D eigenvalue weighted by molar-refractivity contribution is 7.99. The van der Waals surface area contributed by atoms with Gasteiger partial charge < -0.3 is 15.2 Å². The van der Waals surface area contributed by atoms with Crippen LogP contribution in [0.25, 0.3) is 0 Å². The zero-order valence-electron chi connectivity index (χ0n) is 12.3. The van der Waals surface area contributed by atoms with E-state index in [2.05, 4.69) is 10.2 Å². The molecule has 1 aromatic carbocycles. The predicted octanol–water partition coefficient (Wildman–Crippen LogP) is 2.24. The summed E-state index contributed by atoms with van der Waals surface area (Å²) in [6.07, 6.45) is 0. The van der Waals surface area contributed by atoms with Gasteiger partial charge in [-0.1, -0.05) is 13.0 Å². The second-order valence-corrected chi connectivity index (χ2v) is 6.10. The number of aromatic carboxylic acids is 1.